The monoisotopic (exact) mass is 138 g/mol. The van der Waals surface area contributed by atoms with E-state index in [0.29, 0.717) is 11.8 Å². The Morgan fingerprint density at radius 2 is 2.10 bits per heavy atom. The molecular formula is C9H14O. The first kappa shape index (κ1) is 7.52. The van der Waals surface area contributed by atoms with Gasteiger partial charge in [0, 0.05) is 5.92 Å². The lowest BCUT2D eigenvalue weighted by molar-refractivity contribution is -0.112. The quantitative estimate of drug-likeness (QED) is 0.400. The maximum atomic E-state index is 10.5. The number of hydrogen-bond donors (Lipinski definition) is 0. The molecular weight excluding hydrogens is 124 g/mol. The summed E-state index contributed by atoms with van der Waals surface area (Å²) in [5.41, 5.74) is 0. The summed E-state index contributed by atoms with van der Waals surface area (Å²) in [6.07, 6.45) is 6.46. The van der Waals surface area contributed by atoms with Crippen molar-refractivity contribution in [2.45, 2.75) is 20.3 Å². The molecule has 3 unspecified atom stereocenters. The van der Waals surface area contributed by atoms with Gasteiger partial charge in [-0.05, 0) is 18.3 Å². The minimum atomic E-state index is 0.264. The van der Waals surface area contributed by atoms with Gasteiger partial charge in [-0.3, -0.25) is 0 Å². The zero-order valence-electron chi connectivity index (χ0n) is 6.58. The molecule has 3 atom stereocenters. The highest BCUT2D eigenvalue weighted by molar-refractivity contribution is 5.55. The minimum Gasteiger partial charge on any atom is -0.303 e. The van der Waals surface area contributed by atoms with E-state index in [1.807, 2.05) is 0 Å². The molecule has 0 spiro atoms. The van der Waals surface area contributed by atoms with Crippen LogP contribution in [0.4, 0.5) is 0 Å². The van der Waals surface area contributed by atoms with Crippen LogP contribution in [0.15, 0.2) is 12.2 Å². The maximum Gasteiger partial charge on any atom is 0.123 e. The van der Waals surface area contributed by atoms with Gasteiger partial charge in [0.05, 0.1) is 0 Å². The highest BCUT2D eigenvalue weighted by Crippen LogP contribution is 2.25. The van der Waals surface area contributed by atoms with Crippen molar-refractivity contribution < 1.29 is 4.79 Å². The lowest BCUT2D eigenvalue weighted by atomic mass is 9.82. The molecule has 10 heavy (non-hydrogen) atoms. The van der Waals surface area contributed by atoms with E-state index >= 15 is 0 Å². The fourth-order valence-electron chi connectivity index (χ4n) is 1.41. The van der Waals surface area contributed by atoms with Crippen LogP contribution in [0.2, 0.25) is 0 Å². The average molecular weight is 138 g/mol. The lowest BCUT2D eigenvalue weighted by Gasteiger charge is -2.22. The Hall–Kier alpha value is -0.590. The van der Waals surface area contributed by atoms with Crippen LogP contribution in [-0.4, -0.2) is 6.29 Å². The lowest BCUT2D eigenvalue weighted by Crippen LogP contribution is -2.18. The standard InChI is InChI=1S/C9H14O/c1-7-3-4-8(2)9(5-7)6-10/h3-4,6-9H,5H2,1-2H3. The Morgan fingerprint density at radius 1 is 1.40 bits per heavy atom. The van der Waals surface area contributed by atoms with Crippen molar-refractivity contribution in [2.75, 3.05) is 0 Å². The molecule has 0 aromatic carbocycles. The van der Waals surface area contributed by atoms with Crippen LogP contribution >= 0.6 is 0 Å². The van der Waals surface area contributed by atoms with Crippen molar-refractivity contribution >= 4 is 6.29 Å². The van der Waals surface area contributed by atoms with Gasteiger partial charge in [0.2, 0.25) is 0 Å². The molecule has 0 saturated heterocycles. The van der Waals surface area contributed by atoms with Crippen LogP contribution in [0.25, 0.3) is 0 Å². The zero-order chi connectivity index (χ0) is 7.56. The molecule has 0 aliphatic heterocycles. The first-order chi connectivity index (χ1) is 4.74. The van der Waals surface area contributed by atoms with E-state index in [4.69, 9.17) is 0 Å². The largest absolute Gasteiger partial charge is 0.303 e. The summed E-state index contributed by atoms with van der Waals surface area (Å²) in [5.74, 6) is 1.31. The normalized spacial score (nSPS) is 39.6. The number of hydrogen-bond acceptors (Lipinski definition) is 1. The molecule has 1 heteroatoms. The molecule has 0 N–H and O–H groups in total. The van der Waals surface area contributed by atoms with Gasteiger partial charge in [-0.25, -0.2) is 0 Å². The molecule has 1 aliphatic carbocycles. The molecule has 1 rings (SSSR count). The third-order valence-corrected chi connectivity index (χ3v) is 2.24. The van der Waals surface area contributed by atoms with Crippen LogP contribution in [0, 0.1) is 17.8 Å². The highest BCUT2D eigenvalue weighted by atomic mass is 16.1. The van der Waals surface area contributed by atoms with E-state index in [9.17, 15) is 4.79 Å². The number of carbonyl (C=O) groups is 1. The van der Waals surface area contributed by atoms with Crippen molar-refractivity contribution in [1.29, 1.82) is 0 Å². The van der Waals surface area contributed by atoms with Crippen molar-refractivity contribution in [3.8, 4) is 0 Å². The summed E-state index contributed by atoms with van der Waals surface area (Å²) in [6.45, 7) is 4.25. The van der Waals surface area contributed by atoms with Gasteiger partial charge in [-0.1, -0.05) is 26.0 Å². The molecule has 0 amide bonds. The van der Waals surface area contributed by atoms with Gasteiger partial charge < -0.3 is 4.79 Å². The molecule has 0 bridgehead atoms. The van der Waals surface area contributed by atoms with E-state index < -0.39 is 0 Å². The number of aldehydes is 1. The van der Waals surface area contributed by atoms with Crippen molar-refractivity contribution in [3.63, 3.8) is 0 Å². The molecule has 0 heterocycles. The minimum absolute atomic E-state index is 0.264. The number of carbonyl (C=O) groups excluding carboxylic acids is 1. The van der Waals surface area contributed by atoms with Gasteiger partial charge in [-0.15, -0.1) is 0 Å². The van der Waals surface area contributed by atoms with E-state index in [-0.39, 0.29) is 5.92 Å². The van der Waals surface area contributed by atoms with Gasteiger partial charge in [0.25, 0.3) is 0 Å². The fraction of sp³-hybridized carbons (Fsp3) is 0.667. The van der Waals surface area contributed by atoms with Crippen LogP contribution in [0.3, 0.4) is 0 Å². The fourth-order valence-corrected chi connectivity index (χ4v) is 1.41. The number of allylic oxidation sites excluding steroid dienone is 2. The van der Waals surface area contributed by atoms with Crippen molar-refractivity contribution in [2.24, 2.45) is 17.8 Å². The Bertz CT molecular complexity index is 149. The highest BCUT2D eigenvalue weighted by Gasteiger charge is 2.19. The van der Waals surface area contributed by atoms with Gasteiger partial charge in [-0.2, -0.15) is 0 Å². The SMILES string of the molecule is CC1C=CC(C)C(C=O)C1. The second-order valence-electron chi connectivity index (χ2n) is 3.26. The molecule has 1 aliphatic rings. The molecule has 56 valence electrons. The molecule has 0 saturated carbocycles. The smallest absolute Gasteiger partial charge is 0.123 e. The first-order valence-electron chi connectivity index (χ1n) is 3.87. The van der Waals surface area contributed by atoms with Crippen LogP contribution < -0.4 is 0 Å². The summed E-state index contributed by atoms with van der Waals surface area (Å²) in [6, 6.07) is 0. The number of rotatable bonds is 1. The first-order valence-corrected chi connectivity index (χ1v) is 3.87. The second-order valence-corrected chi connectivity index (χ2v) is 3.26. The summed E-state index contributed by atoms with van der Waals surface area (Å²) < 4.78 is 0. The Kier molecular flexibility index (Phi) is 2.25. The molecule has 0 radical (unpaired) electrons. The average Bonchev–Trinajstić information content (AvgIpc) is 1.94. The molecule has 0 fully saturated rings. The predicted octanol–water partition coefficient (Wildman–Crippen LogP) is 2.03. The van der Waals surface area contributed by atoms with Crippen LogP contribution in [0.5, 0.6) is 0 Å². The van der Waals surface area contributed by atoms with Crippen molar-refractivity contribution in [3.05, 3.63) is 12.2 Å². The van der Waals surface area contributed by atoms with Crippen LogP contribution in [-0.2, 0) is 4.79 Å². The predicted molar refractivity (Wildman–Crippen MR) is 41.6 cm³/mol. The summed E-state index contributed by atoms with van der Waals surface area (Å²) in [5, 5.41) is 0. The van der Waals surface area contributed by atoms with E-state index in [0.717, 1.165) is 12.7 Å². The van der Waals surface area contributed by atoms with E-state index in [2.05, 4.69) is 26.0 Å². The third-order valence-electron chi connectivity index (χ3n) is 2.24. The summed E-state index contributed by atoms with van der Waals surface area (Å²) in [4.78, 5) is 10.5. The van der Waals surface area contributed by atoms with Gasteiger partial charge in [0.15, 0.2) is 0 Å². The maximum absolute atomic E-state index is 10.5. The van der Waals surface area contributed by atoms with Gasteiger partial charge >= 0.3 is 0 Å². The Morgan fingerprint density at radius 3 is 2.60 bits per heavy atom. The van der Waals surface area contributed by atoms with E-state index in [1.54, 1.807) is 0 Å². The molecule has 0 aromatic rings. The second kappa shape index (κ2) is 3.00. The summed E-state index contributed by atoms with van der Waals surface area (Å²) in [7, 11) is 0. The van der Waals surface area contributed by atoms with Crippen molar-refractivity contribution in [1.82, 2.24) is 0 Å². The third kappa shape index (κ3) is 1.47. The topological polar surface area (TPSA) is 17.1 Å². The van der Waals surface area contributed by atoms with E-state index in [1.165, 1.54) is 0 Å². The Labute approximate surface area is 62.1 Å². The molecule has 0 aromatic heterocycles. The van der Waals surface area contributed by atoms with Crippen LogP contribution in [0.1, 0.15) is 20.3 Å². The van der Waals surface area contributed by atoms with Gasteiger partial charge in [0.1, 0.15) is 6.29 Å². The Balaban J connectivity index is 2.61. The zero-order valence-corrected chi connectivity index (χ0v) is 6.58. The summed E-state index contributed by atoms with van der Waals surface area (Å²) >= 11 is 0. The molecule has 1 nitrogen and oxygen atoms in total.